The molecule has 2 aromatic carbocycles. The van der Waals surface area contributed by atoms with Gasteiger partial charge in [0.15, 0.2) is 0 Å². The highest BCUT2D eigenvalue weighted by Gasteiger charge is 2.05. The molecular formula is C14H13ClS. The van der Waals surface area contributed by atoms with Crippen molar-refractivity contribution in [3.8, 4) is 0 Å². The molecular weight excluding hydrogens is 236 g/mol. The van der Waals surface area contributed by atoms with Crippen LogP contribution < -0.4 is 0 Å². The molecule has 0 radical (unpaired) electrons. The molecule has 0 atom stereocenters. The molecule has 0 amide bonds. The second kappa shape index (κ2) is 4.94. The first-order valence-corrected chi connectivity index (χ1v) is 6.36. The zero-order valence-corrected chi connectivity index (χ0v) is 10.9. The summed E-state index contributed by atoms with van der Waals surface area (Å²) in [4.78, 5) is 2.51. The third-order valence-corrected chi connectivity index (χ3v) is 4.28. The van der Waals surface area contributed by atoms with Gasteiger partial charge in [-0.25, -0.2) is 0 Å². The molecule has 0 N–H and O–H groups in total. The Labute approximate surface area is 106 Å². The molecule has 82 valence electrons. The van der Waals surface area contributed by atoms with Gasteiger partial charge in [-0.1, -0.05) is 47.6 Å². The Morgan fingerprint density at radius 3 is 2.31 bits per heavy atom. The molecule has 0 aliphatic heterocycles. The molecule has 0 spiro atoms. The van der Waals surface area contributed by atoms with Crippen LogP contribution in [0.25, 0.3) is 0 Å². The molecule has 0 saturated carbocycles. The number of rotatable bonds is 2. The molecule has 16 heavy (non-hydrogen) atoms. The normalized spacial score (nSPS) is 10.4. The average Bonchev–Trinajstić information content (AvgIpc) is 2.28. The van der Waals surface area contributed by atoms with Crippen molar-refractivity contribution in [3.63, 3.8) is 0 Å². The second-order valence-electron chi connectivity index (χ2n) is 3.73. The summed E-state index contributed by atoms with van der Waals surface area (Å²) in [5.41, 5.74) is 2.45. The Kier molecular flexibility index (Phi) is 3.57. The Morgan fingerprint density at radius 2 is 1.56 bits per heavy atom. The molecule has 0 aliphatic carbocycles. The highest BCUT2D eigenvalue weighted by molar-refractivity contribution is 7.99. The van der Waals surface area contributed by atoms with Gasteiger partial charge in [-0.3, -0.25) is 0 Å². The van der Waals surface area contributed by atoms with Gasteiger partial charge in [-0.05, 0) is 43.2 Å². The van der Waals surface area contributed by atoms with Crippen LogP contribution in [0.3, 0.4) is 0 Å². The van der Waals surface area contributed by atoms with E-state index in [0.717, 1.165) is 10.6 Å². The number of aryl methyl sites for hydroxylation is 1. The summed E-state index contributed by atoms with van der Waals surface area (Å²) >= 11 is 7.88. The van der Waals surface area contributed by atoms with E-state index in [1.165, 1.54) is 15.4 Å². The van der Waals surface area contributed by atoms with E-state index in [9.17, 15) is 0 Å². The lowest BCUT2D eigenvalue weighted by atomic mass is 10.2. The minimum absolute atomic E-state index is 0.832. The first kappa shape index (κ1) is 11.6. The summed E-state index contributed by atoms with van der Waals surface area (Å²) in [7, 11) is 0. The Bertz CT molecular complexity index is 506. The first-order chi connectivity index (χ1) is 7.68. The monoisotopic (exact) mass is 248 g/mol. The quantitative estimate of drug-likeness (QED) is 0.712. The van der Waals surface area contributed by atoms with Crippen molar-refractivity contribution in [2.45, 2.75) is 23.6 Å². The molecule has 2 heteroatoms. The van der Waals surface area contributed by atoms with Crippen LogP contribution >= 0.6 is 23.4 Å². The van der Waals surface area contributed by atoms with E-state index >= 15 is 0 Å². The van der Waals surface area contributed by atoms with Gasteiger partial charge < -0.3 is 0 Å². The van der Waals surface area contributed by atoms with Crippen LogP contribution in [0.15, 0.2) is 52.3 Å². The van der Waals surface area contributed by atoms with Crippen LogP contribution in [-0.4, -0.2) is 0 Å². The topological polar surface area (TPSA) is 0 Å². The molecule has 0 heterocycles. The van der Waals surface area contributed by atoms with Crippen LogP contribution in [0.5, 0.6) is 0 Å². The predicted molar refractivity (Wildman–Crippen MR) is 71.5 cm³/mol. The summed E-state index contributed by atoms with van der Waals surface area (Å²) in [6.45, 7) is 4.19. The van der Waals surface area contributed by atoms with Gasteiger partial charge in [-0.2, -0.15) is 0 Å². The van der Waals surface area contributed by atoms with Gasteiger partial charge >= 0.3 is 0 Å². The molecule has 0 unspecified atom stereocenters. The molecule has 0 fully saturated rings. The number of halogens is 1. The second-order valence-corrected chi connectivity index (χ2v) is 5.22. The third kappa shape index (κ3) is 2.42. The largest absolute Gasteiger partial charge is 0.0895 e. The maximum Gasteiger partial charge on any atom is 0.0446 e. The minimum atomic E-state index is 0.832. The van der Waals surface area contributed by atoms with Gasteiger partial charge in [0.05, 0.1) is 0 Å². The molecule has 2 rings (SSSR count). The van der Waals surface area contributed by atoms with Crippen molar-refractivity contribution in [1.82, 2.24) is 0 Å². The standard InChI is InChI=1S/C14H13ClS/c1-10-6-3-4-8-13(10)16-14-9-5-7-12(15)11(14)2/h3-9H,1-2H3. The Balaban J connectivity index is 2.35. The van der Waals surface area contributed by atoms with E-state index in [1.807, 2.05) is 12.1 Å². The van der Waals surface area contributed by atoms with Crippen LogP contribution in [0.2, 0.25) is 5.02 Å². The minimum Gasteiger partial charge on any atom is -0.0895 e. The van der Waals surface area contributed by atoms with Gasteiger partial charge in [0.1, 0.15) is 0 Å². The lowest BCUT2D eigenvalue weighted by Gasteiger charge is -2.08. The maximum atomic E-state index is 6.11. The Morgan fingerprint density at radius 1 is 0.875 bits per heavy atom. The van der Waals surface area contributed by atoms with Crippen molar-refractivity contribution in [2.75, 3.05) is 0 Å². The van der Waals surface area contributed by atoms with Gasteiger partial charge in [0.25, 0.3) is 0 Å². The molecule has 0 nitrogen and oxygen atoms in total. The fraction of sp³-hybridized carbons (Fsp3) is 0.143. The van der Waals surface area contributed by atoms with Gasteiger partial charge in [-0.15, -0.1) is 0 Å². The number of hydrogen-bond acceptors (Lipinski definition) is 1. The lowest BCUT2D eigenvalue weighted by Crippen LogP contribution is -1.83. The number of benzene rings is 2. The van der Waals surface area contributed by atoms with E-state index in [1.54, 1.807) is 11.8 Å². The maximum absolute atomic E-state index is 6.11. The molecule has 0 aliphatic rings. The SMILES string of the molecule is Cc1ccccc1Sc1cccc(Cl)c1C. The van der Waals surface area contributed by atoms with Crippen molar-refractivity contribution in [2.24, 2.45) is 0 Å². The fourth-order valence-electron chi connectivity index (χ4n) is 1.49. The van der Waals surface area contributed by atoms with Crippen LogP contribution in [0.4, 0.5) is 0 Å². The van der Waals surface area contributed by atoms with E-state index in [0.29, 0.717) is 0 Å². The zero-order valence-electron chi connectivity index (χ0n) is 9.33. The molecule has 2 aromatic rings. The summed E-state index contributed by atoms with van der Waals surface area (Å²) in [6.07, 6.45) is 0. The van der Waals surface area contributed by atoms with Crippen molar-refractivity contribution < 1.29 is 0 Å². The summed E-state index contributed by atoms with van der Waals surface area (Å²) < 4.78 is 0. The van der Waals surface area contributed by atoms with E-state index in [2.05, 4.69) is 44.2 Å². The molecule has 0 saturated heterocycles. The Hall–Kier alpha value is -0.920. The smallest absolute Gasteiger partial charge is 0.0446 e. The summed E-state index contributed by atoms with van der Waals surface area (Å²) in [6, 6.07) is 14.4. The highest BCUT2D eigenvalue weighted by Crippen LogP contribution is 2.34. The lowest BCUT2D eigenvalue weighted by molar-refractivity contribution is 1.26. The van der Waals surface area contributed by atoms with Crippen molar-refractivity contribution in [3.05, 3.63) is 58.6 Å². The molecule has 0 aromatic heterocycles. The molecule has 0 bridgehead atoms. The van der Waals surface area contributed by atoms with Gasteiger partial charge in [0, 0.05) is 14.8 Å². The zero-order chi connectivity index (χ0) is 11.5. The van der Waals surface area contributed by atoms with Crippen LogP contribution in [0.1, 0.15) is 11.1 Å². The fourth-order valence-corrected chi connectivity index (χ4v) is 2.74. The van der Waals surface area contributed by atoms with Crippen molar-refractivity contribution >= 4 is 23.4 Å². The summed E-state index contributed by atoms with van der Waals surface area (Å²) in [5.74, 6) is 0. The van der Waals surface area contributed by atoms with E-state index < -0.39 is 0 Å². The predicted octanol–water partition coefficient (Wildman–Crippen LogP) is 5.11. The van der Waals surface area contributed by atoms with E-state index in [4.69, 9.17) is 11.6 Å². The van der Waals surface area contributed by atoms with Crippen LogP contribution in [-0.2, 0) is 0 Å². The highest BCUT2D eigenvalue weighted by atomic mass is 35.5. The summed E-state index contributed by atoms with van der Waals surface area (Å²) in [5, 5.41) is 0.832. The first-order valence-electron chi connectivity index (χ1n) is 5.17. The van der Waals surface area contributed by atoms with Gasteiger partial charge in [0.2, 0.25) is 0 Å². The average molecular weight is 249 g/mol. The van der Waals surface area contributed by atoms with E-state index in [-0.39, 0.29) is 0 Å². The third-order valence-electron chi connectivity index (χ3n) is 2.53. The number of hydrogen-bond donors (Lipinski definition) is 0. The van der Waals surface area contributed by atoms with Crippen molar-refractivity contribution in [1.29, 1.82) is 0 Å². The van der Waals surface area contributed by atoms with Crippen LogP contribution in [0, 0.1) is 13.8 Å².